The summed E-state index contributed by atoms with van der Waals surface area (Å²) in [6.07, 6.45) is -2.43. The molecule has 0 radical (unpaired) electrons. The second-order valence-corrected chi connectivity index (χ2v) is 24.9. The molecule has 99 heavy (non-hydrogen) atoms. The topological polar surface area (TPSA) is 169 Å². The average molecular weight is 1560 g/mol. The zero-order valence-electron chi connectivity index (χ0n) is 59.9. The van der Waals surface area contributed by atoms with Crippen LogP contribution in [0.4, 0.5) is 0 Å². The van der Waals surface area contributed by atoms with Crippen molar-refractivity contribution in [2.24, 2.45) is 10.9 Å². The third kappa shape index (κ3) is 38.0. The van der Waals surface area contributed by atoms with Crippen molar-refractivity contribution >= 4 is 120 Å². The van der Waals surface area contributed by atoms with Gasteiger partial charge in [-0.05, 0) is 83.1 Å². The smallest absolute Gasteiger partial charge is 0.195 e. The summed E-state index contributed by atoms with van der Waals surface area (Å²) in [5.41, 5.74) is 10.7. The van der Waals surface area contributed by atoms with Crippen LogP contribution >= 0.6 is 57.6 Å². The van der Waals surface area contributed by atoms with E-state index >= 15 is 0 Å². The Bertz CT molecular complexity index is 2420. The van der Waals surface area contributed by atoms with Crippen LogP contribution in [0.5, 0.6) is 0 Å². The Kier molecular flexibility index (Phi) is 65.1. The van der Waals surface area contributed by atoms with Gasteiger partial charge in [-0.1, -0.05) is 243 Å². The summed E-state index contributed by atoms with van der Waals surface area (Å²) in [6.45, 7) is 38.2. The van der Waals surface area contributed by atoms with Crippen molar-refractivity contribution in [2.45, 2.75) is 83.1 Å². The van der Waals surface area contributed by atoms with E-state index in [9.17, 15) is 0 Å². The van der Waals surface area contributed by atoms with Crippen molar-refractivity contribution in [3.05, 3.63) is 249 Å². The maximum absolute atomic E-state index is 7.50. The number of halogens is 2. The number of hydrogen-bond acceptors (Lipinski definition) is 14. The summed E-state index contributed by atoms with van der Waals surface area (Å²) in [5.74, 6) is 4.36. The van der Waals surface area contributed by atoms with Gasteiger partial charge in [0.1, 0.15) is 12.3 Å². The van der Waals surface area contributed by atoms with Crippen molar-refractivity contribution in [2.75, 3.05) is 84.6 Å². The molecule has 0 atom stereocenters. The van der Waals surface area contributed by atoms with Crippen molar-refractivity contribution in [3.8, 4) is 0 Å². The van der Waals surface area contributed by atoms with E-state index in [0.717, 1.165) is 0 Å². The first kappa shape index (κ1) is 96.6. The van der Waals surface area contributed by atoms with Crippen LogP contribution < -0.4 is 49.5 Å². The van der Waals surface area contributed by atoms with Crippen molar-refractivity contribution < 1.29 is 78.4 Å². The van der Waals surface area contributed by atoms with Gasteiger partial charge in [-0.15, -0.1) is 23.2 Å². The molecule has 0 aliphatic carbocycles. The predicted octanol–water partition coefficient (Wildman–Crippen LogP) is 16.4. The van der Waals surface area contributed by atoms with Gasteiger partial charge < -0.3 is 60.1 Å². The third-order valence-electron chi connectivity index (χ3n) is 13.2. The van der Waals surface area contributed by atoms with Gasteiger partial charge in [0.15, 0.2) is 0 Å². The fourth-order valence-electron chi connectivity index (χ4n) is 9.96. The Balaban J connectivity index is 0. The largest absolute Gasteiger partial charge is 2.00 e. The maximum Gasteiger partial charge on any atom is 2.00 e. The third-order valence-corrected chi connectivity index (χ3v) is 18.8. The monoisotopic (exact) mass is 1560 g/mol. The molecule has 24 heteroatoms. The molecule has 0 saturated heterocycles. The van der Waals surface area contributed by atoms with E-state index in [2.05, 4.69) is 267 Å². The van der Waals surface area contributed by atoms with E-state index in [-0.39, 0.29) is 24.8 Å². The molecule has 0 fully saturated rings. The SMILES string of the molecule is C=NN.CCOP(OCC)OCC.CCOP(OCC)OCC.CCOP(OCC)OCC.CCOP(OCC)OCC.ClCCl.[C-]#[O+].[Ru+2].c1ccc([B-](c2ccccc2)(c2ccccc2)c2ccccc2)cc1.c1ccc([B-](c2ccccc2)(c2ccccc2)c2ccccc2)cc1. The minimum Gasteiger partial charge on any atom is -0.195 e. The zero-order chi connectivity index (χ0) is 72.6. The molecule has 0 bridgehead atoms. The Morgan fingerprint density at radius 2 is 0.364 bits per heavy atom. The van der Waals surface area contributed by atoms with Crippen LogP contribution in [-0.2, 0) is 78.4 Å². The van der Waals surface area contributed by atoms with Gasteiger partial charge >= 0.3 is 65.2 Å². The van der Waals surface area contributed by atoms with E-state index in [4.69, 9.17) is 82.1 Å². The number of benzene rings is 8. The Labute approximate surface area is 622 Å². The van der Waals surface area contributed by atoms with Gasteiger partial charge in [-0.3, -0.25) is 0 Å². The molecule has 8 aromatic carbocycles. The van der Waals surface area contributed by atoms with E-state index in [1.54, 1.807) is 0 Å². The van der Waals surface area contributed by atoms with Gasteiger partial charge in [-0.2, -0.15) is 48.8 Å². The first-order chi connectivity index (χ1) is 48.1. The van der Waals surface area contributed by atoms with Crippen LogP contribution in [0.3, 0.4) is 0 Å². The van der Waals surface area contributed by atoms with Crippen LogP contribution in [0, 0.1) is 6.65 Å². The van der Waals surface area contributed by atoms with Gasteiger partial charge in [0, 0.05) is 6.72 Å². The Morgan fingerprint density at radius 3 is 0.434 bits per heavy atom. The zero-order valence-corrected chi connectivity index (χ0v) is 66.7. The fraction of sp³-hybridized carbons (Fsp3) is 0.333. The molecule has 0 aromatic heterocycles. The second kappa shape index (κ2) is 66.8. The summed E-state index contributed by atoms with van der Waals surface area (Å²) in [5, 5.41) is 2.94. The van der Waals surface area contributed by atoms with E-state index in [0.29, 0.717) is 79.3 Å². The van der Waals surface area contributed by atoms with E-state index in [1.165, 1.54) is 43.7 Å². The van der Waals surface area contributed by atoms with Crippen LogP contribution in [0.25, 0.3) is 0 Å². The van der Waals surface area contributed by atoms with E-state index < -0.39 is 46.7 Å². The molecular formula is C75H106B2Cl2N2O13P4Ru. The first-order valence-corrected chi connectivity index (χ1v) is 38.5. The minimum atomic E-state index is -1.22. The summed E-state index contributed by atoms with van der Waals surface area (Å²) in [6, 6.07) is 87.1. The van der Waals surface area contributed by atoms with Crippen LogP contribution in [0.2, 0.25) is 0 Å². The van der Waals surface area contributed by atoms with Gasteiger partial charge in [0.05, 0.1) is 84.6 Å². The number of nitrogens with two attached hydrogens (primary N) is 1. The average Bonchev–Trinajstić information content (AvgIpc) is 0.750. The quantitative estimate of drug-likeness (QED) is 0.00618. The van der Waals surface area contributed by atoms with Crippen LogP contribution in [-0.4, -0.2) is 104 Å². The molecule has 542 valence electrons. The van der Waals surface area contributed by atoms with Gasteiger partial charge in [-0.25, -0.2) is 0 Å². The number of hydrogen-bond donors (Lipinski definition) is 1. The fourth-order valence-corrected chi connectivity index (χ4v) is 13.4. The predicted molar refractivity (Wildman–Crippen MR) is 422 cm³/mol. The molecule has 0 unspecified atom stereocenters. The molecule has 0 spiro atoms. The molecule has 0 saturated carbocycles. The van der Waals surface area contributed by atoms with Crippen LogP contribution in [0.1, 0.15) is 83.1 Å². The summed E-state index contributed by atoms with van der Waals surface area (Å²) < 4.78 is 69.2. The molecule has 2 N–H and O–H groups in total. The number of nitrogens with zero attached hydrogens (tertiary/aromatic N) is 1. The van der Waals surface area contributed by atoms with Gasteiger partial charge in [0.25, 0.3) is 0 Å². The normalized spacial score (nSPS) is 10.3. The van der Waals surface area contributed by atoms with Crippen LogP contribution in [0.15, 0.2) is 248 Å². The molecule has 0 amide bonds. The van der Waals surface area contributed by atoms with Crippen molar-refractivity contribution in [1.29, 1.82) is 0 Å². The minimum absolute atomic E-state index is 0. The Hall–Kier alpha value is -4.46. The second-order valence-electron chi connectivity index (χ2n) is 19.2. The molecule has 8 aromatic rings. The van der Waals surface area contributed by atoms with Crippen molar-refractivity contribution in [1.82, 2.24) is 0 Å². The molecule has 8 rings (SSSR count). The summed E-state index contributed by atoms with van der Waals surface area (Å²) >= 11 is 9.53. The molecule has 0 aliphatic rings. The number of rotatable bonds is 32. The molecule has 0 heterocycles. The standard InChI is InChI=1S/2C24H20B.4C6H15O3P.CH2Cl2.CH4N2.CO.Ru/c2*1-5-13-21(14-6-1)25(22-15-7-2-8-16-22,23-17-9-3-10-18-23)24-19-11-4-12-20-24;4*1-4-7-10(8-5-2)9-6-3;2-1-3;1-3-2;1-2;/h2*1-20H;4*4-6H2,1-3H3;1H2;1-2H2;;/q2*-1;;;;;;;;+2. The van der Waals surface area contributed by atoms with E-state index in [1.807, 2.05) is 83.1 Å². The Morgan fingerprint density at radius 1 is 0.283 bits per heavy atom. The summed E-state index contributed by atoms with van der Waals surface area (Å²) in [4.78, 5) is 0. The molecular weight excluding hydrogens is 1450 g/mol. The van der Waals surface area contributed by atoms with Crippen molar-refractivity contribution in [3.63, 3.8) is 0 Å². The molecule has 0 aliphatic heterocycles. The molecule has 15 nitrogen and oxygen atoms in total. The maximum atomic E-state index is 7.50. The van der Waals surface area contributed by atoms with Gasteiger partial charge in [0.2, 0.25) is 0 Å². The first-order valence-electron chi connectivity index (χ1n) is 33.0. The number of alkyl halides is 2. The number of hydrazone groups is 1. The summed E-state index contributed by atoms with van der Waals surface area (Å²) in [7, 11) is -4.24.